The molecule has 0 spiro atoms. The lowest BCUT2D eigenvalue weighted by Crippen LogP contribution is -2.37. The van der Waals surface area contributed by atoms with Gasteiger partial charge < -0.3 is 11.1 Å². The van der Waals surface area contributed by atoms with Gasteiger partial charge in [-0.2, -0.15) is 0 Å². The standard InChI is InChI=1S/C10H18N4S/c1-4-7(2)14-10(11)13-6-9-5-12-8(3)15-9/h5,7H,4,6H2,1-3H3,(H3,11,13,14)/t7-/m1/s1. The first kappa shape index (κ1) is 12.0. The van der Waals surface area contributed by atoms with Gasteiger partial charge in [0.05, 0.1) is 11.6 Å². The van der Waals surface area contributed by atoms with E-state index in [1.54, 1.807) is 11.3 Å². The second-order valence-electron chi connectivity index (χ2n) is 3.50. The van der Waals surface area contributed by atoms with Crippen LogP contribution < -0.4 is 11.1 Å². The second-order valence-corrected chi connectivity index (χ2v) is 4.82. The Balaban J connectivity index is 2.43. The quantitative estimate of drug-likeness (QED) is 0.606. The van der Waals surface area contributed by atoms with Crippen molar-refractivity contribution in [3.05, 3.63) is 16.1 Å². The van der Waals surface area contributed by atoms with Crippen LogP contribution in [0.25, 0.3) is 0 Å². The van der Waals surface area contributed by atoms with Gasteiger partial charge in [-0.15, -0.1) is 11.3 Å². The fraction of sp³-hybridized carbons (Fsp3) is 0.600. The fourth-order valence-corrected chi connectivity index (χ4v) is 1.76. The summed E-state index contributed by atoms with van der Waals surface area (Å²) in [6.45, 7) is 6.79. The Morgan fingerprint density at radius 3 is 3.00 bits per heavy atom. The van der Waals surface area contributed by atoms with E-state index < -0.39 is 0 Å². The zero-order chi connectivity index (χ0) is 11.3. The van der Waals surface area contributed by atoms with Crippen LogP contribution in [-0.4, -0.2) is 17.0 Å². The van der Waals surface area contributed by atoms with Crippen molar-refractivity contribution in [3.63, 3.8) is 0 Å². The third-order valence-corrected chi connectivity index (χ3v) is 2.98. The van der Waals surface area contributed by atoms with Crippen LogP contribution in [0.15, 0.2) is 11.2 Å². The summed E-state index contributed by atoms with van der Waals surface area (Å²) in [5, 5.41) is 4.18. The molecular weight excluding hydrogens is 208 g/mol. The normalized spacial score (nSPS) is 13.9. The van der Waals surface area contributed by atoms with Gasteiger partial charge in [0.25, 0.3) is 0 Å². The molecule has 0 saturated carbocycles. The van der Waals surface area contributed by atoms with Crippen LogP contribution in [0, 0.1) is 6.92 Å². The maximum absolute atomic E-state index is 5.73. The summed E-state index contributed by atoms with van der Waals surface area (Å²) in [5.74, 6) is 0.510. The van der Waals surface area contributed by atoms with Gasteiger partial charge in [-0.25, -0.2) is 9.98 Å². The van der Waals surface area contributed by atoms with Crippen LogP contribution in [-0.2, 0) is 6.54 Å². The molecule has 0 fully saturated rings. The van der Waals surface area contributed by atoms with Gasteiger partial charge in [0.2, 0.25) is 0 Å². The number of nitrogens with two attached hydrogens (primary N) is 1. The van der Waals surface area contributed by atoms with E-state index >= 15 is 0 Å². The van der Waals surface area contributed by atoms with Crippen molar-refractivity contribution in [1.29, 1.82) is 0 Å². The smallest absolute Gasteiger partial charge is 0.189 e. The Kier molecular flexibility index (Phi) is 4.55. The highest BCUT2D eigenvalue weighted by atomic mass is 32.1. The number of nitrogens with one attached hydrogen (secondary N) is 1. The minimum Gasteiger partial charge on any atom is -0.370 e. The molecule has 15 heavy (non-hydrogen) atoms. The topological polar surface area (TPSA) is 63.3 Å². The summed E-state index contributed by atoms with van der Waals surface area (Å²) in [4.78, 5) is 9.55. The predicted molar refractivity (Wildman–Crippen MR) is 65.1 cm³/mol. The van der Waals surface area contributed by atoms with Gasteiger partial charge in [-0.05, 0) is 20.3 Å². The van der Waals surface area contributed by atoms with E-state index in [1.165, 1.54) is 0 Å². The number of aliphatic imine (C=N–C) groups is 1. The molecule has 0 aromatic carbocycles. The molecule has 5 heteroatoms. The first-order valence-corrected chi connectivity index (χ1v) is 5.91. The zero-order valence-electron chi connectivity index (χ0n) is 9.45. The molecule has 0 saturated heterocycles. The van der Waals surface area contributed by atoms with Crippen LogP contribution in [0.3, 0.4) is 0 Å². The van der Waals surface area contributed by atoms with Crippen LogP contribution >= 0.6 is 11.3 Å². The van der Waals surface area contributed by atoms with E-state index in [-0.39, 0.29) is 0 Å². The molecule has 0 amide bonds. The number of thiazole rings is 1. The molecule has 1 rings (SSSR count). The average Bonchev–Trinajstić information content (AvgIpc) is 2.61. The molecular formula is C10H18N4S. The Hall–Kier alpha value is -1.10. The third kappa shape index (κ3) is 4.29. The molecule has 84 valence electrons. The zero-order valence-corrected chi connectivity index (χ0v) is 10.3. The average molecular weight is 226 g/mol. The lowest BCUT2D eigenvalue weighted by Gasteiger charge is -2.11. The fourth-order valence-electron chi connectivity index (χ4n) is 1.04. The third-order valence-electron chi connectivity index (χ3n) is 2.08. The van der Waals surface area contributed by atoms with Crippen molar-refractivity contribution in [2.45, 2.75) is 39.8 Å². The van der Waals surface area contributed by atoms with Crippen molar-refractivity contribution in [3.8, 4) is 0 Å². The molecule has 0 aliphatic carbocycles. The molecule has 1 aromatic heterocycles. The lowest BCUT2D eigenvalue weighted by atomic mass is 10.3. The van der Waals surface area contributed by atoms with E-state index in [9.17, 15) is 0 Å². The van der Waals surface area contributed by atoms with Crippen molar-refractivity contribution >= 4 is 17.3 Å². The van der Waals surface area contributed by atoms with E-state index in [1.807, 2.05) is 13.1 Å². The molecule has 1 heterocycles. The first-order chi connectivity index (χ1) is 7.11. The number of hydrogen-bond donors (Lipinski definition) is 2. The highest BCUT2D eigenvalue weighted by Gasteiger charge is 2.00. The number of aromatic nitrogens is 1. The van der Waals surface area contributed by atoms with Crippen molar-refractivity contribution in [2.24, 2.45) is 10.7 Å². The van der Waals surface area contributed by atoms with E-state index in [0.717, 1.165) is 16.3 Å². The van der Waals surface area contributed by atoms with Crippen molar-refractivity contribution < 1.29 is 0 Å². The lowest BCUT2D eigenvalue weighted by molar-refractivity contribution is 0.636. The first-order valence-electron chi connectivity index (χ1n) is 5.09. The van der Waals surface area contributed by atoms with Gasteiger partial charge >= 0.3 is 0 Å². The molecule has 1 aromatic rings. The van der Waals surface area contributed by atoms with Gasteiger partial charge in [0, 0.05) is 17.1 Å². The number of hydrogen-bond acceptors (Lipinski definition) is 3. The summed E-state index contributed by atoms with van der Waals surface area (Å²) >= 11 is 1.65. The highest BCUT2D eigenvalue weighted by Crippen LogP contribution is 2.11. The summed E-state index contributed by atoms with van der Waals surface area (Å²) in [6, 6.07) is 0.372. The van der Waals surface area contributed by atoms with Crippen molar-refractivity contribution in [1.82, 2.24) is 10.3 Å². The van der Waals surface area contributed by atoms with Crippen LogP contribution in [0.2, 0.25) is 0 Å². The Morgan fingerprint density at radius 1 is 1.73 bits per heavy atom. The summed E-state index contributed by atoms with van der Waals surface area (Å²) in [7, 11) is 0. The molecule has 3 N–H and O–H groups in total. The van der Waals surface area contributed by atoms with Crippen LogP contribution in [0.4, 0.5) is 0 Å². The SMILES string of the molecule is CC[C@@H](C)NC(N)=NCc1cnc(C)s1. The minimum absolute atomic E-state index is 0.372. The maximum Gasteiger partial charge on any atom is 0.189 e. The van der Waals surface area contributed by atoms with Crippen LogP contribution in [0.1, 0.15) is 30.2 Å². The summed E-state index contributed by atoms with van der Waals surface area (Å²) in [5.41, 5.74) is 5.73. The number of nitrogens with zero attached hydrogens (tertiary/aromatic N) is 2. The minimum atomic E-state index is 0.372. The second kappa shape index (κ2) is 5.70. The molecule has 0 unspecified atom stereocenters. The van der Waals surface area contributed by atoms with Gasteiger partial charge in [0.1, 0.15) is 0 Å². The van der Waals surface area contributed by atoms with Crippen molar-refractivity contribution in [2.75, 3.05) is 0 Å². The predicted octanol–water partition coefficient (Wildman–Crippen LogP) is 1.65. The monoisotopic (exact) mass is 226 g/mol. The number of guanidine groups is 1. The van der Waals surface area contributed by atoms with Crippen LogP contribution in [0.5, 0.6) is 0 Å². The summed E-state index contributed by atoms with van der Waals surface area (Å²) in [6.07, 6.45) is 2.88. The summed E-state index contributed by atoms with van der Waals surface area (Å²) < 4.78 is 0. The largest absolute Gasteiger partial charge is 0.370 e. The van der Waals surface area contributed by atoms with E-state index in [2.05, 4.69) is 29.1 Å². The molecule has 0 radical (unpaired) electrons. The molecule has 0 aliphatic rings. The Bertz CT molecular complexity index is 332. The molecule has 0 aliphatic heterocycles. The Morgan fingerprint density at radius 2 is 2.47 bits per heavy atom. The molecule has 0 bridgehead atoms. The highest BCUT2D eigenvalue weighted by molar-refractivity contribution is 7.11. The van der Waals surface area contributed by atoms with Gasteiger partial charge in [-0.1, -0.05) is 6.92 Å². The molecule has 4 nitrogen and oxygen atoms in total. The number of aryl methyl sites for hydroxylation is 1. The number of rotatable bonds is 4. The Labute approximate surface area is 94.6 Å². The van der Waals surface area contributed by atoms with Gasteiger partial charge in [-0.3, -0.25) is 0 Å². The maximum atomic E-state index is 5.73. The molecule has 1 atom stereocenters. The van der Waals surface area contributed by atoms with E-state index in [4.69, 9.17) is 5.73 Å². The van der Waals surface area contributed by atoms with Gasteiger partial charge in [0.15, 0.2) is 5.96 Å². The van der Waals surface area contributed by atoms with E-state index in [0.29, 0.717) is 18.5 Å².